The average Bonchev–Trinajstić information content (AvgIpc) is 3.11. The van der Waals surface area contributed by atoms with Crippen LogP contribution in [0, 0.1) is 0 Å². The molecule has 4 nitrogen and oxygen atoms in total. The number of hydrogen-bond acceptors (Lipinski definition) is 6. The van der Waals surface area contributed by atoms with Crippen LogP contribution in [0.4, 0.5) is 5.88 Å². The number of hydrogen-bond donors (Lipinski definition) is 1. The monoisotopic (exact) mass is 315 g/mol. The third kappa shape index (κ3) is 2.24. The number of pyridine rings is 1. The Morgan fingerprint density at radius 1 is 1.33 bits per heavy atom. The summed E-state index contributed by atoms with van der Waals surface area (Å²) in [5.41, 5.74) is 10.0. The van der Waals surface area contributed by atoms with E-state index in [1.165, 1.54) is 16.2 Å². The summed E-state index contributed by atoms with van der Waals surface area (Å²) in [5, 5.41) is 4.18. The molecule has 0 aromatic carbocycles. The van der Waals surface area contributed by atoms with Crippen LogP contribution in [0.15, 0.2) is 35.1 Å². The minimum absolute atomic E-state index is 0.346. The van der Waals surface area contributed by atoms with Gasteiger partial charge in [-0.2, -0.15) is 11.8 Å². The molecule has 106 valence electrons. The van der Waals surface area contributed by atoms with E-state index < -0.39 is 0 Å². The van der Waals surface area contributed by atoms with E-state index in [0.717, 1.165) is 33.9 Å². The van der Waals surface area contributed by atoms with Crippen molar-refractivity contribution in [2.24, 2.45) is 0 Å². The quantitative estimate of drug-likeness (QED) is 0.778. The molecule has 0 fully saturated rings. The number of thioether (sulfide) groups is 1. The van der Waals surface area contributed by atoms with Crippen molar-refractivity contribution in [3.63, 3.8) is 0 Å². The number of aryl methyl sites for hydroxylation is 1. The first kappa shape index (κ1) is 12.9. The van der Waals surface area contributed by atoms with Gasteiger partial charge < -0.3 is 10.3 Å². The van der Waals surface area contributed by atoms with E-state index in [-0.39, 0.29) is 0 Å². The highest BCUT2D eigenvalue weighted by Gasteiger charge is 2.22. The number of rotatable bonds is 2. The minimum Gasteiger partial charge on any atom is -0.367 e. The van der Waals surface area contributed by atoms with E-state index in [0.29, 0.717) is 5.88 Å². The first-order valence-corrected chi connectivity index (χ1v) is 8.65. The summed E-state index contributed by atoms with van der Waals surface area (Å²) in [6, 6.07) is 6.09. The Morgan fingerprint density at radius 2 is 2.29 bits per heavy atom. The van der Waals surface area contributed by atoms with E-state index in [1.54, 1.807) is 23.7 Å². The summed E-state index contributed by atoms with van der Waals surface area (Å²) >= 11 is 3.78. The van der Waals surface area contributed by atoms with Crippen LogP contribution >= 0.6 is 23.1 Å². The maximum atomic E-state index is 5.98. The molecule has 3 aromatic rings. The zero-order chi connectivity index (χ0) is 14.2. The largest absolute Gasteiger partial charge is 0.367 e. The van der Waals surface area contributed by atoms with E-state index in [2.05, 4.69) is 16.2 Å². The number of aromatic nitrogens is 2. The molecule has 1 aliphatic heterocycles. The van der Waals surface area contributed by atoms with Gasteiger partial charge in [0.2, 0.25) is 5.88 Å². The van der Waals surface area contributed by atoms with Crippen molar-refractivity contribution in [1.29, 1.82) is 0 Å². The molecular formula is C15H13N3OS2. The highest BCUT2D eigenvalue weighted by atomic mass is 32.2. The van der Waals surface area contributed by atoms with Gasteiger partial charge in [0.1, 0.15) is 5.69 Å². The number of anilines is 1. The van der Waals surface area contributed by atoms with Gasteiger partial charge in [-0.25, -0.2) is 0 Å². The molecule has 21 heavy (non-hydrogen) atoms. The van der Waals surface area contributed by atoms with E-state index >= 15 is 0 Å². The molecule has 2 N–H and O–H groups in total. The summed E-state index contributed by atoms with van der Waals surface area (Å²) in [4.78, 5) is 6.74. The Labute approximate surface area is 130 Å². The van der Waals surface area contributed by atoms with E-state index in [9.17, 15) is 0 Å². The lowest BCUT2D eigenvalue weighted by molar-refractivity contribution is 0.439. The van der Waals surface area contributed by atoms with Gasteiger partial charge in [-0.05, 0) is 29.9 Å². The molecule has 0 saturated heterocycles. The van der Waals surface area contributed by atoms with Crippen molar-refractivity contribution in [3.05, 3.63) is 41.0 Å². The number of nitrogens with zero attached hydrogens (tertiary/aromatic N) is 2. The third-order valence-electron chi connectivity index (χ3n) is 3.53. The lowest BCUT2D eigenvalue weighted by Crippen LogP contribution is -1.96. The second-order valence-corrected chi connectivity index (χ2v) is 7.12. The van der Waals surface area contributed by atoms with Gasteiger partial charge in [-0.3, -0.25) is 4.98 Å². The van der Waals surface area contributed by atoms with Gasteiger partial charge in [0.05, 0.1) is 10.4 Å². The summed E-state index contributed by atoms with van der Waals surface area (Å²) in [6.07, 6.45) is 4.67. The van der Waals surface area contributed by atoms with Crippen molar-refractivity contribution < 1.29 is 4.52 Å². The molecule has 0 atom stereocenters. The molecule has 0 unspecified atom stereocenters. The SMILES string of the molecule is Nc1onc(-c2cc3c(s2)CCSC3)c1-c1cccnc1. The lowest BCUT2D eigenvalue weighted by atomic mass is 10.1. The zero-order valence-corrected chi connectivity index (χ0v) is 12.8. The fraction of sp³-hybridized carbons (Fsp3) is 0.200. The van der Waals surface area contributed by atoms with Crippen LogP contribution in [0.5, 0.6) is 0 Å². The fourth-order valence-electron chi connectivity index (χ4n) is 2.52. The van der Waals surface area contributed by atoms with Crippen LogP contribution in [0.2, 0.25) is 0 Å². The van der Waals surface area contributed by atoms with Crippen molar-refractivity contribution in [2.75, 3.05) is 11.5 Å². The Hall–Kier alpha value is -1.79. The standard InChI is InChI=1S/C15H13N3OS2/c16-15-13(9-2-1-4-17-7-9)14(18-19-15)12-6-10-8-20-5-3-11(10)21-12/h1-2,4,6-7H,3,5,8,16H2. The normalized spacial score (nSPS) is 14.1. The minimum atomic E-state index is 0.346. The van der Waals surface area contributed by atoms with Crippen LogP contribution < -0.4 is 5.73 Å². The second kappa shape index (κ2) is 5.20. The summed E-state index contributed by atoms with van der Waals surface area (Å²) in [5.74, 6) is 2.63. The summed E-state index contributed by atoms with van der Waals surface area (Å²) in [7, 11) is 0. The highest BCUT2D eigenvalue weighted by Crippen LogP contribution is 2.42. The van der Waals surface area contributed by atoms with Crippen molar-refractivity contribution in [2.45, 2.75) is 12.2 Å². The molecule has 0 amide bonds. The van der Waals surface area contributed by atoms with Crippen molar-refractivity contribution in [3.8, 4) is 21.7 Å². The number of fused-ring (bicyclic) bond motifs is 1. The number of thiophene rings is 1. The molecule has 6 heteroatoms. The fourth-order valence-corrected chi connectivity index (χ4v) is 4.88. The van der Waals surface area contributed by atoms with Gasteiger partial charge in [0.25, 0.3) is 0 Å². The molecule has 0 saturated carbocycles. The van der Waals surface area contributed by atoms with Gasteiger partial charge in [0, 0.05) is 28.6 Å². The predicted octanol–water partition coefficient (Wildman–Crippen LogP) is 3.84. The topological polar surface area (TPSA) is 64.9 Å². The van der Waals surface area contributed by atoms with Crippen LogP contribution in [-0.2, 0) is 12.2 Å². The molecule has 0 radical (unpaired) electrons. The molecule has 0 aliphatic carbocycles. The first-order chi connectivity index (χ1) is 10.3. The molecule has 1 aliphatic rings. The Morgan fingerprint density at radius 3 is 3.10 bits per heavy atom. The molecule has 4 heterocycles. The third-order valence-corrected chi connectivity index (χ3v) is 5.78. The average molecular weight is 315 g/mol. The van der Waals surface area contributed by atoms with Gasteiger partial charge >= 0.3 is 0 Å². The van der Waals surface area contributed by atoms with Gasteiger partial charge in [-0.15, -0.1) is 11.3 Å². The van der Waals surface area contributed by atoms with Crippen LogP contribution in [0.1, 0.15) is 10.4 Å². The smallest absolute Gasteiger partial charge is 0.230 e. The van der Waals surface area contributed by atoms with Crippen molar-refractivity contribution >= 4 is 29.0 Å². The predicted molar refractivity (Wildman–Crippen MR) is 87.3 cm³/mol. The van der Waals surface area contributed by atoms with Crippen molar-refractivity contribution in [1.82, 2.24) is 10.1 Å². The molecular weight excluding hydrogens is 302 g/mol. The zero-order valence-electron chi connectivity index (χ0n) is 11.2. The number of nitrogens with two attached hydrogens (primary N) is 1. The lowest BCUT2D eigenvalue weighted by Gasteiger charge is -2.08. The Kier molecular flexibility index (Phi) is 3.20. The van der Waals surface area contributed by atoms with Crippen LogP contribution in [-0.4, -0.2) is 15.9 Å². The van der Waals surface area contributed by atoms with Gasteiger partial charge in [-0.1, -0.05) is 11.2 Å². The molecule has 0 spiro atoms. The van der Waals surface area contributed by atoms with Crippen LogP contribution in [0.25, 0.3) is 21.7 Å². The van der Waals surface area contributed by atoms with Gasteiger partial charge in [0.15, 0.2) is 0 Å². The summed E-state index contributed by atoms with van der Waals surface area (Å²) in [6.45, 7) is 0. The van der Waals surface area contributed by atoms with Crippen LogP contribution in [0.3, 0.4) is 0 Å². The second-order valence-electron chi connectivity index (χ2n) is 4.87. The maximum Gasteiger partial charge on any atom is 0.230 e. The highest BCUT2D eigenvalue weighted by molar-refractivity contribution is 7.98. The number of nitrogen functional groups attached to an aromatic ring is 1. The summed E-state index contributed by atoms with van der Waals surface area (Å²) < 4.78 is 5.24. The van der Waals surface area contributed by atoms with E-state index in [4.69, 9.17) is 10.3 Å². The first-order valence-electron chi connectivity index (χ1n) is 6.68. The maximum absolute atomic E-state index is 5.98. The molecule has 4 rings (SSSR count). The molecule has 3 aromatic heterocycles. The Balaban J connectivity index is 1.85. The Bertz CT molecular complexity index is 756. The van der Waals surface area contributed by atoms with E-state index in [1.807, 2.05) is 23.9 Å². The molecule has 0 bridgehead atoms.